The van der Waals surface area contributed by atoms with E-state index in [9.17, 15) is 43.2 Å². The van der Waals surface area contributed by atoms with Gasteiger partial charge in [-0.1, -0.05) is 407 Å². The molecule has 0 aromatic heterocycles. The summed E-state index contributed by atoms with van der Waals surface area (Å²) in [4.78, 5) is 73.1. The van der Waals surface area contributed by atoms with Crippen molar-refractivity contribution in [2.45, 2.75) is 477 Å². The van der Waals surface area contributed by atoms with Gasteiger partial charge in [0.25, 0.3) is 0 Å². The van der Waals surface area contributed by atoms with Gasteiger partial charge in [-0.2, -0.15) is 0 Å². The van der Waals surface area contributed by atoms with E-state index >= 15 is 0 Å². The molecule has 618 valence electrons. The van der Waals surface area contributed by atoms with Gasteiger partial charge in [0.1, 0.15) is 19.3 Å². The van der Waals surface area contributed by atoms with Crippen molar-refractivity contribution in [2.24, 2.45) is 5.92 Å². The number of aliphatic hydroxyl groups is 1. The number of esters is 4. The monoisotopic (exact) mass is 1520 g/mol. The molecule has 0 aliphatic carbocycles. The molecule has 5 atom stereocenters. The normalized spacial score (nSPS) is 13.8. The summed E-state index contributed by atoms with van der Waals surface area (Å²) in [5.41, 5.74) is 0. The van der Waals surface area contributed by atoms with Gasteiger partial charge in [-0.05, 0) is 31.6 Å². The van der Waals surface area contributed by atoms with Gasteiger partial charge in [0.2, 0.25) is 0 Å². The van der Waals surface area contributed by atoms with Crippen molar-refractivity contribution in [3.05, 3.63) is 0 Å². The van der Waals surface area contributed by atoms with Crippen LogP contribution in [0.4, 0.5) is 0 Å². The summed E-state index contributed by atoms with van der Waals surface area (Å²) in [7, 11) is -9.92. The summed E-state index contributed by atoms with van der Waals surface area (Å²) in [6.07, 6.45) is 70.9. The predicted molar refractivity (Wildman–Crippen MR) is 428 cm³/mol. The van der Waals surface area contributed by atoms with Crippen molar-refractivity contribution >= 4 is 39.5 Å². The van der Waals surface area contributed by atoms with Crippen LogP contribution in [-0.2, 0) is 65.4 Å². The number of aliphatic hydroxyl groups excluding tert-OH is 1. The Morgan fingerprint density at radius 2 is 0.442 bits per heavy atom. The topological polar surface area (TPSA) is 237 Å². The molecule has 0 aromatic rings. The zero-order chi connectivity index (χ0) is 76.2. The lowest BCUT2D eigenvalue weighted by Gasteiger charge is -2.21. The van der Waals surface area contributed by atoms with Gasteiger partial charge in [-0.15, -0.1) is 0 Å². The third-order valence-electron chi connectivity index (χ3n) is 20.0. The number of unbranched alkanes of at least 4 members (excludes halogenated alkanes) is 57. The minimum absolute atomic E-state index is 0.108. The Hall–Kier alpha value is -1.94. The average Bonchev–Trinajstić information content (AvgIpc) is 0.914. The molecule has 2 unspecified atom stereocenters. The molecule has 0 saturated heterocycles. The first kappa shape index (κ1) is 102. The first-order valence-electron chi connectivity index (χ1n) is 44.1. The van der Waals surface area contributed by atoms with E-state index in [2.05, 4.69) is 34.6 Å². The maximum Gasteiger partial charge on any atom is 0.472 e. The van der Waals surface area contributed by atoms with Gasteiger partial charge >= 0.3 is 39.5 Å². The summed E-state index contributed by atoms with van der Waals surface area (Å²) in [6.45, 7) is 7.37. The van der Waals surface area contributed by atoms with E-state index in [0.29, 0.717) is 25.7 Å². The number of rotatable bonds is 85. The Morgan fingerprint density at radius 1 is 0.260 bits per heavy atom. The third kappa shape index (κ3) is 78.2. The fourth-order valence-corrected chi connectivity index (χ4v) is 14.9. The molecular weight excluding hydrogens is 1350 g/mol. The second-order valence-corrected chi connectivity index (χ2v) is 34.0. The minimum atomic E-state index is -4.96. The van der Waals surface area contributed by atoms with Crippen LogP contribution in [0.3, 0.4) is 0 Å². The fraction of sp³-hybridized carbons (Fsp3) is 0.953. The highest BCUT2D eigenvalue weighted by Crippen LogP contribution is 2.45. The van der Waals surface area contributed by atoms with Crippen LogP contribution in [0, 0.1) is 5.92 Å². The second-order valence-electron chi connectivity index (χ2n) is 31.1. The highest BCUT2D eigenvalue weighted by atomic mass is 31.2. The minimum Gasteiger partial charge on any atom is -0.462 e. The van der Waals surface area contributed by atoms with E-state index in [1.165, 1.54) is 283 Å². The van der Waals surface area contributed by atoms with E-state index in [1.807, 2.05) is 0 Å². The Bertz CT molecular complexity index is 1980. The number of carbonyl (C=O) groups excluding carboxylic acids is 4. The second kappa shape index (κ2) is 77.8. The zero-order valence-corrected chi connectivity index (χ0v) is 70.0. The fourth-order valence-electron chi connectivity index (χ4n) is 13.3. The van der Waals surface area contributed by atoms with Crippen LogP contribution in [0.1, 0.15) is 458 Å². The summed E-state index contributed by atoms with van der Waals surface area (Å²) in [5, 5.41) is 10.7. The molecule has 0 saturated carbocycles. The van der Waals surface area contributed by atoms with Gasteiger partial charge in [-0.25, -0.2) is 9.13 Å². The van der Waals surface area contributed by atoms with Crippen molar-refractivity contribution in [3.63, 3.8) is 0 Å². The zero-order valence-electron chi connectivity index (χ0n) is 68.2. The summed E-state index contributed by atoms with van der Waals surface area (Å²) < 4.78 is 68.8. The van der Waals surface area contributed by atoms with E-state index in [0.717, 1.165) is 95.8 Å². The smallest absolute Gasteiger partial charge is 0.462 e. The van der Waals surface area contributed by atoms with Crippen molar-refractivity contribution in [3.8, 4) is 0 Å². The average molecular weight is 1520 g/mol. The molecule has 0 aliphatic rings. The molecule has 104 heavy (non-hydrogen) atoms. The van der Waals surface area contributed by atoms with Gasteiger partial charge in [0, 0.05) is 25.7 Å². The SMILES string of the molecule is CCCCCCCCCCCCCCCCCCCCCCCC(=O)OC[C@H](COP(=O)(O)OC[C@@H](O)COP(=O)(O)OC[C@@H](COC(=O)CCCCCCCCCCC)OC(=O)CCCCCCCCCCCCCCC)OC(=O)CCCCCCCCCCCCCCCCCCCCC(C)C. The van der Waals surface area contributed by atoms with Crippen LogP contribution in [0.15, 0.2) is 0 Å². The predicted octanol–water partition coefficient (Wildman–Crippen LogP) is 26.0. The molecular formula is C85H166O17P2. The molecule has 3 N–H and O–H groups in total. The maximum atomic E-state index is 13.1. The summed E-state index contributed by atoms with van der Waals surface area (Å²) in [6, 6.07) is 0. The number of hydrogen-bond acceptors (Lipinski definition) is 15. The highest BCUT2D eigenvalue weighted by Gasteiger charge is 2.30. The van der Waals surface area contributed by atoms with Crippen LogP contribution < -0.4 is 0 Å². The number of ether oxygens (including phenoxy) is 4. The van der Waals surface area contributed by atoms with Crippen molar-refractivity contribution in [1.82, 2.24) is 0 Å². The van der Waals surface area contributed by atoms with E-state index in [1.54, 1.807) is 0 Å². The Kier molecular flexibility index (Phi) is 76.3. The quantitative estimate of drug-likeness (QED) is 0.0222. The highest BCUT2D eigenvalue weighted by molar-refractivity contribution is 7.47. The van der Waals surface area contributed by atoms with Crippen molar-refractivity contribution < 1.29 is 80.2 Å². The molecule has 0 radical (unpaired) electrons. The van der Waals surface area contributed by atoms with Gasteiger partial charge in [-0.3, -0.25) is 37.3 Å². The molecule has 0 amide bonds. The molecule has 0 aromatic carbocycles. The van der Waals surface area contributed by atoms with Crippen LogP contribution in [0.5, 0.6) is 0 Å². The number of hydrogen-bond donors (Lipinski definition) is 3. The first-order valence-corrected chi connectivity index (χ1v) is 47.1. The van der Waals surface area contributed by atoms with E-state index in [4.69, 9.17) is 37.0 Å². The van der Waals surface area contributed by atoms with Crippen LogP contribution >= 0.6 is 15.6 Å². The third-order valence-corrected chi connectivity index (χ3v) is 21.9. The number of carbonyl (C=O) groups is 4. The molecule has 0 fully saturated rings. The Morgan fingerprint density at radius 3 is 0.654 bits per heavy atom. The lowest BCUT2D eigenvalue weighted by atomic mass is 10.0. The lowest BCUT2D eigenvalue weighted by Crippen LogP contribution is -2.30. The van der Waals surface area contributed by atoms with Crippen molar-refractivity contribution in [1.29, 1.82) is 0 Å². The lowest BCUT2D eigenvalue weighted by molar-refractivity contribution is -0.161. The Labute approximate surface area is 638 Å². The van der Waals surface area contributed by atoms with Gasteiger partial charge in [0.15, 0.2) is 12.2 Å². The molecule has 17 nitrogen and oxygen atoms in total. The molecule has 0 heterocycles. The molecule has 0 aliphatic heterocycles. The number of phosphoric ester groups is 2. The van der Waals surface area contributed by atoms with E-state index < -0.39 is 97.5 Å². The molecule has 0 bridgehead atoms. The molecule has 0 spiro atoms. The van der Waals surface area contributed by atoms with E-state index in [-0.39, 0.29) is 25.7 Å². The van der Waals surface area contributed by atoms with Crippen molar-refractivity contribution in [2.75, 3.05) is 39.6 Å². The Balaban J connectivity index is 5.18. The molecule has 0 rings (SSSR count). The summed E-state index contributed by atoms with van der Waals surface area (Å²) >= 11 is 0. The number of phosphoric acid groups is 2. The first-order chi connectivity index (χ1) is 50.5. The maximum absolute atomic E-state index is 13.1. The van der Waals surface area contributed by atoms with Crippen LogP contribution in [-0.4, -0.2) is 96.7 Å². The summed E-state index contributed by atoms with van der Waals surface area (Å²) in [5.74, 6) is -1.28. The van der Waals surface area contributed by atoms with Crippen LogP contribution in [0.2, 0.25) is 0 Å². The van der Waals surface area contributed by atoms with Gasteiger partial charge in [0.05, 0.1) is 26.4 Å². The largest absolute Gasteiger partial charge is 0.472 e. The standard InChI is InChI=1S/C85H166O17P2/c1-6-9-12-15-18-21-23-25-26-27-28-29-30-34-37-41-44-49-54-59-64-69-83(88)96-75-81(102-85(90)71-66-61-56-51-46-42-38-35-32-31-33-36-40-43-48-52-57-62-67-78(4)5)77-100-104(93,94)98-73-79(86)72-97-103(91,92)99-76-80(74-95-82(87)68-63-58-53-47-20-17-14-11-8-3)101-84(89)70-65-60-55-50-45-39-24-22-19-16-13-10-7-2/h78-81,86H,6-77H2,1-5H3,(H,91,92)(H,93,94)/t79-,80+,81+/m0/s1. The van der Waals surface area contributed by atoms with Crippen LogP contribution in [0.25, 0.3) is 0 Å². The van der Waals surface area contributed by atoms with Gasteiger partial charge < -0.3 is 33.8 Å². The molecule has 19 heteroatoms.